The molecular weight excluding hydrogens is 382 g/mol. The third kappa shape index (κ3) is 5.58. The van der Waals surface area contributed by atoms with Crippen molar-refractivity contribution in [2.75, 3.05) is 35.6 Å². The summed E-state index contributed by atoms with van der Waals surface area (Å²) in [6.45, 7) is 3.02. The van der Waals surface area contributed by atoms with Gasteiger partial charge in [0.2, 0.25) is 11.9 Å². The van der Waals surface area contributed by atoms with Crippen LogP contribution in [0.1, 0.15) is 37.4 Å². The average Bonchev–Trinajstić information content (AvgIpc) is 2.73. The first kappa shape index (κ1) is 21.3. The maximum atomic E-state index is 11.6. The summed E-state index contributed by atoms with van der Waals surface area (Å²) in [7, 11) is 0. The summed E-state index contributed by atoms with van der Waals surface area (Å²) in [5.74, 6) is 0.851. The molecular formula is C21H27N7O2. The number of aliphatic hydroxyl groups is 1. The van der Waals surface area contributed by atoms with E-state index in [1.165, 1.54) is 0 Å². The molecule has 0 radical (unpaired) electrons. The molecule has 0 spiro atoms. The van der Waals surface area contributed by atoms with Crippen LogP contribution in [0.3, 0.4) is 0 Å². The molecule has 0 aliphatic carbocycles. The first-order chi connectivity index (χ1) is 14.5. The number of nitrogen functional groups attached to an aromatic ring is 1. The van der Waals surface area contributed by atoms with Gasteiger partial charge in [0, 0.05) is 42.3 Å². The molecule has 1 atom stereocenters. The van der Waals surface area contributed by atoms with E-state index in [0.717, 1.165) is 43.7 Å². The summed E-state index contributed by atoms with van der Waals surface area (Å²) >= 11 is 0. The van der Waals surface area contributed by atoms with Gasteiger partial charge in [0.25, 0.3) is 0 Å². The van der Waals surface area contributed by atoms with E-state index in [1.807, 2.05) is 6.07 Å². The number of nitrogens with one attached hydrogen (secondary N) is 2. The number of nitriles is 1. The Labute approximate surface area is 175 Å². The lowest BCUT2D eigenvalue weighted by Gasteiger charge is -2.34. The van der Waals surface area contributed by atoms with Crippen LogP contribution in [-0.2, 0) is 11.2 Å². The molecule has 0 saturated carbocycles. The highest BCUT2D eigenvalue weighted by atomic mass is 16.3. The summed E-state index contributed by atoms with van der Waals surface area (Å²) in [6.07, 6.45) is 3.53. The second kappa shape index (κ2) is 9.89. The number of hydrogen-bond donors (Lipinski definition) is 4. The topological polar surface area (TPSA) is 140 Å². The number of piperidine rings is 1. The molecule has 2 aromatic rings. The van der Waals surface area contributed by atoms with Crippen molar-refractivity contribution in [3.8, 4) is 6.07 Å². The van der Waals surface area contributed by atoms with E-state index in [-0.39, 0.29) is 11.9 Å². The van der Waals surface area contributed by atoms with E-state index >= 15 is 0 Å². The van der Waals surface area contributed by atoms with Gasteiger partial charge in [-0.25, -0.2) is 4.98 Å². The molecule has 1 fully saturated rings. The molecule has 1 aromatic heterocycles. The van der Waals surface area contributed by atoms with Gasteiger partial charge in [-0.05, 0) is 37.5 Å². The number of aryl methyl sites for hydroxylation is 1. The Hall–Kier alpha value is -3.38. The number of aromatic nitrogens is 2. The third-order valence-electron chi connectivity index (χ3n) is 4.87. The van der Waals surface area contributed by atoms with Crippen molar-refractivity contribution in [3.63, 3.8) is 0 Å². The average molecular weight is 409 g/mol. The van der Waals surface area contributed by atoms with Gasteiger partial charge >= 0.3 is 0 Å². The van der Waals surface area contributed by atoms with Crippen molar-refractivity contribution < 1.29 is 9.90 Å². The maximum Gasteiger partial charge on any atom is 0.245 e. The van der Waals surface area contributed by atoms with Crippen LogP contribution >= 0.6 is 0 Å². The van der Waals surface area contributed by atoms with Gasteiger partial charge in [-0.3, -0.25) is 4.79 Å². The normalized spacial score (nSPS) is 16.0. The van der Waals surface area contributed by atoms with E-state index in [9.17, 15) is 4.79 Å². The molecule has 9 nitrogen and oxygen atoms in total. The Morgan fingerprint density at radius 2 is 2.20 bits per heavy atom. The lowest BCUT2D eigenvalue weighted by atomic mass is 10.1. The molecule has 2 heterocycles. The number of anilines is 4. The first-order valence-electron chi connectivity index (χ1n) is 10.1. The summed E-state index contributed by atoms with van der Waals surface area (Å²) < 4.78 is 0. The largest absolute Gasteiger partial charge is 0.399 e. The Bertz CT molecular complexity index is 941. The quantitative estimate of drug-likeness (QED) is 0.507. The first-order valence-corrected chi connectivity index (χ1v) is 10.1. The summed E-state index contributed by atoms with van der Waals surface area (Å²) in [6, 6.07) is 9.08. The van der Waals surface area contributed by atoms with Gasteiger partial charge in [-0.1, -0.05) is 13.3 Å². The van der Waals surface area contributed by atoms with Gasteiger partial charge < -0.3 is 26.4 Å². The van der Waals surface area contributed by atoms with Crippen molar-refractivity contribution in [3.05, 3.63) is 35.5 Å². The number of carbonyl (C=O) groups excluding carboxylic acids is 1. The Kier molecular flexibility index (Phi) is 7.03. The predicted octanol–water partition coefficient (Wildman–Crippen LogP) is 1.70. The number of rotatable bonds is 7. The summed E-state index contributed by atoms with van der Waals surface area (Å²) in [5, 5.41) is 24.2. The lowest BCUT2D eigenvalue weighted by Crippen LogP contribution is -2.48. The number of carbonyl (C=O) groups is 1. The fourth-order valence-corrected chi connectivity index (χ4v) is 3.58. The standard InChI is InChI=1S/C21H27N7O2/c1-2-4-16-10-19(28-6-3-5-17(12-28)24-20(30)13-29)27-21(25-16)26-18-8-14(11-22)7-15(23)9-18/h7-10,17,29H,2-6,12-13,23H2,1H3,(H,24,30)(H,25,26,27)/t17-/m1/s1. The van der Waals surface area contributed by atoms with E-state index in [2.05, 4.69) is 38.5 Å². The van der Waals surface area contributed by atoms with Gasteiger partial charge in [0.05, 0.1) is 11.6 Å². The Morgan fingerprint density at radius 3 is 2.93 bits per heavy atom. The molecule has 1 aromatic carbocycles. The van der Waals surface area contributed by atoms with Crippen molar-refractivity contribution >= 4 is 29.0 Å². The van der Waals surface area contributed by atoms with Gasteiger partial charge in [-0.2, -0.15) is 10.2 Å². The van der Waals surface area contributed by atoms with E-state index in [1.54, 1.807) is 18.2 Å². The highest BCUT2D eigenvalue weighted by molar-refractivity contribution is 5.77. The highest BCUT2D eigenvalue weighted by Gasteiger charge is 2.23. The van der Waals surface area contributed by atoms with E-state index < -0.39 is 6.61 Å². The van der Waals surface area contributed by atoms with Crippen LogP contribution in [0.2, 0.25) is 0 Å². The summed E-state index contributed by atoms with van der Waals surface area (Å²) in [4.78, 5) is 22.9. The molecule has 9 heteroatoms. The molecule has 0 unspecified atom stereocenters. The molecule has 3 rings (SSSR count). The molecule has 158 valence electrons. The van der Waals surface area contributed by atoms with Crippen LogP contribution in [0.4, 0.5) is 23.1 Å². The molecule has 0 bridgehead atoms. The monoisotopic (exact) mass is 409 g/mol. The zero-order chi connectivity index (χ0) is 21.5. The molecule has 5 N–H and O–H groups in total. The van der Waals surface area contributed by atoms with Crippen molar-refractivity contribution in [2.24, 2.45) is 0 Å². The van der Waals surface area contributed by atoms with Crippen LogP contribution in [0.5, 0.6) is 0 Å². The van der Waals surface area contributed by atoms with Crippen LogP contribution in [-0.4, -0.2) is 46.7 Å². The van der Waals surface area contributed by atoms with E-state index in [0.29, 0.717) is 29.4 Å². The molecule has 1 amide bonds. The smallest absolute Gasteiger partial charge is 0.245 e. The molecule has 1 aliphatic rings. The molecule has 1 aliphatic heterocycles. The number of nitrogens with zero attached hydrogens (tertiary/aromatic N) is 4. The highest BCUT2D eigenvalue weighted by Crippen LogP contribution is 2.24. The fraction of sp³-hybridized carbons (Fsp3) is 0.429. The second-order valence-corrected chi connectivity index (χ2v) is 7.38. The van der Waals surface area contributed by atoms with Crippen LogP contribution in [0.15, 0.2) is 24.3 Å². The number of hydrogen-bond acceptors (Lipinski definition) is 8. The third-order valence-corrected chi connectivity index (χ3v) is 4.87. The van der Waals surface area contributed by atoms with Gasteiger partial charge in [0.1, 0.15) is 12.4 Å². The number of nitrogens with two attached hydrogens (primary N) is 1. The fourth-order valence-electron chi connectivity index (χ4n) is 3.58. The van der Waals surface area contributed by atoms with Crippen molar-refractivity contribution in [1.29, 1.82) is 5.26 Å². The minimum atomic E-state index is -0.510. The van der Waals surface area contributed by atoms with Crippen LogP contribution in [0.25, 0.3) is 0 Å². The molecule has 1 saturated heterocycles. The Morgan fingerprint density at radius 1 is 1.37 bits per heavy atom. The minimum absolute atomic E-state index is 0.0356. The maximum absolute atomic E-state index is 11.6. The predicted molar refractivity (Wildman–Crippen MR) is 115 cm³/mol. The van der Waals surface area contributed by atoms with E-state index in [4.69, 9.17) is 16.1 Å². The van der Waals surface area contributed by atoms with Crippen LogP contribution in [0, 0.1) is 11.3 Å². The zero-order valence-corrected chi connectivity index (χ0v) is 17.1. The molecule has 30 heavy (non-hydrogen) atoms. The number of benzene rings is 1. The second-order valence-electron chi connectivity index (χ2n) is 7.38. The van der Waals surface area contributed by atoms with Crippen molar-refractivity contribution in [2.45, 2.75) is 38.6 Å². The zero-order valence-electron chi connectivity index (χ0n) is 17.1. The number of amides is 1. The van der Waals surface area contributed by atoms with Crippen LogP contribution < -0.4 is 21.3 Å². The Balaban J connectivity index is 1.85. The lowest BCUT2D eigenvalue weighted by molar-refractivity contribution is -0.124. The minimum Gasteiger partial charge on any atom is -0.399 e. The van der Waals surface area contributed by atoms with Crippen molar-refractivity contribution in [1.82, 2.24) is 15.3 Å². The van der Waals surface area contributed by atoms with Gasteiger partial charge in [-0.15, -0.1) is 0 Å². The SMILES string of the molecule is CCCc1cc(N2CCC[C@@H](NC(=O)CO)C2)nc(Nc2cc(N)cc(C#N)c2)n1. The summed E-state index contributed by atoms with van der Waals surface area (Å²) in [5.41, 5.74) is 8.40. The van der Waals surface area contributed by atoms with Gasteiger partial charge in [0.15, 0.2) is 0 Å². The number of aliphatic hydroxyl groups excluding tert-OH is 1.